The van der Waals surface area contributed by atoms with Crippen LogP contribution in [-0.2, 0) is 16.1 Å². The van der Waals surface area contributed by atoms with Gasteiger partial charge < -0.3 is 28.8 Å². The second kappa shape index (κ2) is 10.7. The molecule has 1 unspecified atom stereocenters. The summed E-state index contributed by atoms with van der Waals surface area (Å²) in [5.41, 5.74) is 7.60. The molecule has 0 aromatic heterocycles. The zero-order valence-corrected chi connectivity index (χ0v) is 22.6. The van der Waals surface area contributed by atoms with Crippen LogP contribution >= 0.6 is 0 Å². The van der Waals surface area contributed by atoms with E-state index in [4.69, 9.17) is 18.9 Å². The van der Waals surface area contributed by atoms with Crippen LogP contribution in [0.2, 0.25) is 0 Å². The van der Waals surface area contributed by atoms with E-state index < -0.39 is 5.97 Å². The van der Waals surface area contributed by atoms with E-state index in [1.807, 2.05) is 18.2 Å². The summed E-state index contributed by atoms with van der Waals surface area (Å²) < 4.78 is 23.4. The van der Waals surface area contributed by atoms with Crippen molar-refractivity contribution in [2.24, 2.45) is 0 Å². The van der Waals surface area contributed by atoms with Crippen LogP contribution in [0.4, 0.5) is 0 Å². The number of carbonyl (C=O) groups is 1. The number of rotatable bonds is 11. The van der Waals surface area contributed by atoms with Crippen molar-refractivity contribution >= 4 is 5.97 Å². The fourth-order valence-electron chi connectivity index (χ4n) is 5.69. The molecule has 3 aromatic carbocycles. The molecule has 1 spiro atoms. The fraction of sp³-hybridized carbons (Fsp3) is 0.406. The van der Waals surface area contributed by atoms with Crippen LogP contribution in [0.25, 0.3) is 11.1 Å². The molecule has 200 valence electrons. The Morgan fingerprint density at radius 3 is 2.45 bits per heavy atom. The van der Waals surface area contributed by atoms with Crippen LogP contribution < -0.4 is 19.3 Å². The van der Waals surface area contributed by atoms with E-state index in [2.05, 4.69) is 51.1 Å². The second-order valence-corrected chi connectivity index (χ2v) is 10.5. The molecule has 0 bridgehead atoms. The lowest BCUT2D eigenvalue weighted by atomic mass is 9.90. The lowest BCUT2D eigenvalue weighted by Gasteiger charge is -2.18. The van der Waals surface area contributed by atoms with Gasteiger partial charge in [-0.25, -0.2) is 0 Å². The van der Waals surface area contributed by atoms with Crippen molar-refractivity contribution in [1.82, 2.24) is 0 Å². The lowest BCUT2D eigenvalue weighted by Crippen LogP contribution is -2.29. The van der Waals surface area contributed by atoms with Crippen molar-refractivity contribution in [2.75, 3.05) is 20.3 Å². The third-order valence-electron chi connectivity index (χ3n) is 7.80. The normalized spacial score (nSPS) is 16.7. The van der Waals surface area contributed by atoms with Gasteiger partial charge in [0.25, 0.3) is 0 Å². The molecule has 6 heteroatoms. The molecule has 1 aliphatic heterocycles. The summed E-state index contributed by atoms with van der Waals surface area (Å²) in [5.74, 6) is 1.13. The predicted molar refractivity (Wildman–Crippen MR) is 144 cm³/mol. The Bertz CT molecular complexity index is 1320. The van der Waals surface area contributed by atoms with E-state index in [0.717, 1.165) is 41.9 Å². The number of carboxylic acids is 1. The molecule has 0 radical (unpaired) electrons. The minimum atomic E-state index is -1.04. The largest absolute Gasteiger partial charge is 0.550 e. The highest BCUT2D eigenvalue weighted by Gasteiger charge is 2.57. The first-order valence-corrected chi connectivity index (χ1v) is 13.3. The Hall–Kier alpha value is -3.51. The molecule has 1 fully saturated rings. The standard InChI is InChI=1S/C32H36O6/c1-20-15-25(36-14-6-13-35-4)16-21(2)31(20)26-8-5-7-23(22(26)3)19-37-24-9-10-27-28(18-30(33)34)32(11-12-32)38-29(27)17-24/h5,7-10,15-17,28H,6,11-14,18-19H2,1-4H3,(H,33,34)/p-1. The molecule has 1 saturated carbocycles. The Morgan fingerprint density at radius 1 is 1.00 bits per heavy atom. The maximum Gasteiger partial charge on any atom is 0.127 e. The number of fused-ring (bicyclic) bond motifs is 1. The van der Waals surface area contributed by atoms with Crippen LogP contribution in [0.5, 0.6) is 17.2 Å². The molecule has 0 N–H and O–H groups in total. The van der Waals surface area contributed by atoms with Gasteiger partial charge in [-0.2, -0.15) is 0 Å². The van der Waals surface area contributed by atoms with Crippen LogP contribution in [0.15, 0.2) is 48.5 Å². The number of ether oxygens (including phenoxy) is 4. The number of hydrogen-bond acceptors (Lipinski definition) is 6. The topological polar surface area (TPSA) is 77.0 Å². The van der Waals surface area contributed by atoms with Gasteiger partial charge in [0.15, 0.2) is 0 Å². The van der Waals surface area contributed by atoms with Crippen molar-refractivity contribution in [1.29, 1.82) is 0 Å². The minimum Gasteiger partial charge on any atom is -0.550 e. The average molecular weight is 516 g/mol. The number of hydrogen-bond donors (Lipinski definition) is 0. The Balaban J connectivity index is 1.31. The van der Waals surface area contributed by atoms with Gasteiger partial charge in [0.05, 0.1) is 6.61 Å². The monoisotopic (exact) mass is 515 g/mol. The molecule has 5 rings (SSSR count). The van der Waals surface area contributed by atoms with Crippen molar-refractivity contribution in [3.8, 4) is 28.4 Å². The highest BCUT2D eigenvalue weighted by atomic mass is 16.5. The summed E-state index contributed by atoms with van der Waals surface area (Å²) in [6.45, 7) is 8.12. The SMILES string of the molecule is COCCCOc1cc(C)c(-c2cccc(COc3ccc4c(c3)OC3(CC3)C4CC(=O)[O-])c2C)c(C)c1. The molecule has 3 aromatic rings. The molecule has 0 amide bonds. The molecular formula is C32H35O6-. The summed E-state index contributed by atoms with van der Waals surface area (Å²) in [6, 6.07) is 16.3. The molecule has 2 aliphatic rings. The molecule has 1 aliphatic carbocycles. The van der Waals surface area contributed by atoms with E-state index in [1.54, 1.807) is 7.11 Å². The van der Waals surface area contributed by atoms with Gasteiger partial charge in [-0.1, -0.05) is 24.3 Å². The van der Waals surface area contributed by atoms with Crippen molar-refractivity contribution in [3.63, 3.8) is 0 Å². The van der Waals surface area contributed by atoms with E-state index in [9.17, 15) is 9.90 Å². The van der Waals surface area contributed by atoms with E-state index in [-0.39, 0.29) is 17.9 Å². The Morgan fingerprint density at radius 2 is 1.76 bits per heavy atom. The molecular weight excluding hydrogens is 480 g/mol. The molecule has 38 heavy (non-hydrogen) atoms. The van der Waals surface area contributed by atoms with Gasteiger partial charge >= 0.3 is 0 Å². The summed E-state index contributed by atoms with van der Waals surface area (Å²) in [6.07, 6.45) is 2.59. The van der Waals surface area contributed by atoms with Gasteiger partial charge in [-0.05, 0) is 91.6 Å². The van der Waals surface area contributed by atoms with Gasteiger partial charge in [0.1, 0.15) is 29.5 Å². The first kappa shape index (κ1) is 26.1. The van der Waals surface area contributed by atoms with Crippen LogP contribution in [0.3, 0.4) is 0 Å². The fourth-order valence-corrected chi connectivity index (χ4v) is 5.69. The number of methoxy groups -OCH3 is 1. The molecule has 0 saturated heterocycles. The Kier molecular flexibility index (Phi) is 7.35. The van der Waals surface area contributed by atoms with Crippen molar-refractivity contribution < 1.29 is 28.8 Å². The second-order valence-electron chi connectivity index (χ2n) is 10.5. The maximum absolute atomic E-state index is 11.3. The summed E-state index contributed by atoms with van der Waals surface area (Å²) in [7, 11) is 1.70. The lowest BCUT2D eigenvalue weighted by molar-refractivity contribution is -0.306. The van der Waals surface area contributed by atoms with Crippen LogP contribution in [0, 0.1) is 20.8 Å². The third-order valence-corrected chi connectivity index (χ3v) is 7.80. The number of benzene rings is 3. The first-order valence-electron chi connectivity index (χ1n) is 13.3. The van der Waals surface area contributed by atoms with E-state index in [1.165, 1.54) is 27.8 Å². The summed E-state index contributed by atoms with van der Waals surface area (Å²) in [4.78, 5) is 11.3. The number of aliphatic carboxylic acids is 1. The van der Waals surface area contributed by atoms with Crippen molar-refractivity contribution in [3.05, 3.63) is 76.3 Å². The minimum absolute atomic E-state index is 0.0149. The first-order chi connectivity index (χ1) is 18.3. The van der Waals surface area contributed by atoms with Gasteiger partial charge in [-0.15, -0.1) is 0 Å². The van der Waals surface area contributed by atoms with Crippen LogP contribution in [-0.4, -0.2) is 31.9 Å². The quantitative estimate of drug-likeness (QED) is 0.317. The molecule has 6 nitrogen and oxygen atoms in total. The van der Waals surface area contributed by atoms with Crippen LogP contribution in [0.1, 0.15) is 59.4 Å². The molecule has 1 heterocycles. The molecule has 1 atom stereocenters. The van der Waals surface area contributed by atoms with Crippen molar-refractivity contribution in [2.45, 2.75) is 64.6 Å². The van der Waals surface area contributed by atoms with Gasteiger partial charge in [0.2, 0.25) is 0 Å². The number of aryl methyl sites for hydroxylation is 2. The zero-order valence-electron chi connectivity index (χ0n) is 22.6. The predicted octanol–water partition coefficient (Wildman–Crippen LogP) is 5.42. The third kappa shape index (κ3) is 5.23. The highest BCUT2D eigenvalue weighted by molar-refractivity contribution is 5.75. The smallest absolute Gasteiger partial charge is 0.127 e. The summed E-state index contributed by atoms with van der Waals surface area (Å²) >= 11 is 0. The zero-order chi connectivity index (χ0) is 26.9. The van der Waals surface area contributed by atoms with E-state index >= 15 is 0 Å². The maximum atomic E-state index is 11.3. The highest BCUT2D eigenvalue weighted by Crippen LogP contribution is 2.59. The van der Waals surface area contributed by atoms with Gasteiger partial charge in [0, 0.05) is 43.7 Å². The summed E-state index contributed by atoms with van der Waals surface area (Å²) in [5, 5.41) is 11.3. The average Bonchev–Trinajstić information content (AvgIpc) is 3.59. The number of carbonyl (C=O) groups excluding carboxylic acids is 1. The van der Waals surface area contributed by atoms with Gasteiger partial charge in [-0.3, -0.25) is 0 Å². The van der Waals surface area contributed by atoms with E-state index in [0.29, 0.717) is 25.6 Å². The Labute approximate surface area is 224 Å². The number of carboxylic acid groups (broad SMARTS) is 1.